The van der Waals surface area contributed by atoms with Crippen LogP contribution in [-0.2, 0) is 4.79 Å². The van der Waals surface area contributed by atoms with Crippen LogP contribution in [-0.4, -0.2) is 30.5 Å². The summed E-state index contributed by atoms with van der Waals surface area (Å²) in [5, 5.41) is 5.94. The van der Waals surface area contributed by atoms with Crippen molar-refractivity contribution in [1.29, 1.82) is 0 Å². The van der Waals surface area contributed by atoms with Crippen LogP contribution in [0.2, 0.25) is 5.02 Å². The Bertz CT molecular complexity index is 1130. The number of benzene rings is 2. The van der Waals surface area contributed by atoms with E-state index < -0.39 is 0 Å². The zero-order valence-corrected chi connectivity index (χ0v) is 18.3. The molecular formula is C24H22ClN3O4. The van der Waals surface area contributed by atoms with E-state index in [1.807, 2.05) is 6.92 Å². The van der Waals surface area contributed by atoms with Gasteiger partial charge in [0.25, 0.3) is 5.91 Å². The number of nitrogens with zero attached hydrogens (tertiary/aromatic N) is 1. The number of carbonyl (C=O) groups excluding carboxylic acids is 2. The summed E-state index contributed by atoms with van der Waals surface area (Å²) in [5.74, 6) is 0.338. The number of hydrogen-bond acceptors (Lipinski definition) is 5. The SMILES string of the molecule is CCOc1c(Cl)cc(/C=C/C(=O)Nc2cccc(NC(=O)c3ccncc3)c2)cc1OC. The fourth-order valence-corrected chi connectivity index (χ4v) is 3.13. The van der Waals surface area contributed by atoms with Gasteiger partial charge in [0, 0.05) is 35.4 Å². The molecule has 3 aromatic rings. The van der Waals surface area contributed by atoms with Gasteiger partial charge in [0.1, 0.15) is 0 Å². The standard InChI is InChI=1S/C24H22ClN3O4/c1-3-32-23-20(25)13-16(14-21(23)31-2)7-8-22(29)27-18-5-4-6-19(15-18)28-24(30)17-9-11-26-12-10-17/h4-15H,3H2,1-2H3,(H,27,29)(H,28,30)/b8-7+. The van der Waals surface area contributed by atoms with E-state index >= 15 is 0 Å². The lowest BCUT2D eigenvalue weighted by Gasteiger charge is -2.12. The van der Waals surface area contributed by atoms with Crippen molar-refractivity contribution in [3.05, 3.63) is 83.2 Å². The zero-order chi connectivity index (χ0) is 22.9. The van der Waals surface area contributed by atoms with Crippen LogP contribution in [0.5, 0.6) is 11.5 Å². The largest absolute Gasteiger partial charge is 0.493 e. The van der Waals surface area contributed by atoms with E-state index in [9.17, 15) is 9.59 Å². The number of aromatic nitrogens is 1. The molecule has 2 aromatic carbocycles. The van der Waals surface area contributed by atoms with Crippen molar-refractivity contribution >= 4 is 40.9 Å². The summed E-state index contributed by atoms with van der Waals surface area (Å²) in [4.78, 5) is 28.5. The normalized spacial score (nSPS) is 10.6. The Morgan fingerprint density at radius 2 is 1.78 bits per heavy atom. The molecule has 0 saturated carbocycles. The summed E-state index contributed by atoms with van der Waals surface area (Å²) >= 11 is 6.26. The Morgan fingerprint density at radius 1 is 1.06 bits per heavy atom. The maximum absolute atomic E-state index is 12.4. The number of nitrogens with one attached hydrogen (secondary N) is 2. The fraction of sp³-hybridized carbons (Fsp3) is 0.125. The van der Waals surface area contributed by atoms with Crippen LogP contribution in [0.3, 0.4) is 0 Å². The zero-order valence-electron chi connectivity index (χ0n) is 17.6. The summed E-state index contributed by atoms with van der Waals surface area (Å²) in [5.41, 5.74) is 2.26. The second-order valence-corrected chi connectivity index (χ2v) is 6.97. The van der Waals surface area contributed by atoms with E-state index in [1.54, 1.807) is 67.0 Å². The first-order valence-electron chi connectivity index (χ1n) is 9.81. The molecule has 32 heavy (non-hydrogen) atoms. The lowest BCUT2D eigenvalue weighted by atomic mass is 10.2. The summed E-state index contributed by atoms with van der Waals surface area (Å²) in [6.07, 6.45) is 6.10. The van der Waals surface area contributed by atoms with E-state index in [2.05, 4.69) is 15.6 Å². The summed E-state index contributed by atoms with van der Waals surface area (Å²) in [6.45, 7) is 2.31. The molecule has 0 unspecified atom stereocenters. The molecule has 164 valence electrons. The molecule has 0 saturated heterocycles. The number of carbonyl (C=O) groups is 2. The molecule has 0 atom stereocenters. The van der Waals surface area contributed by atoms with Gasteiger partial charge in [-0.05, 0) is 61.0 Å². The third-order valence-electron chi connectivity index (χ3n) is 4.30. The van der Waals surface area contributed by atoms with E-state index in [0.717, 1.165) is 0 Å². The molecule has 0 aliphatic heterocycles. The molecule has 0 radical (unpaired) electrons. The van der Waals surface area contributed by atoms with Gasteiger partial charge in [-0.3, -0.25) is 14.6 Å². The van der Waals surface area contributed by atoms with Crippen LogP contribution in [0.4, 0.5) is 11.4 Å². The molecule has 8 heteroatoms. The molecule has 0 bridgehead atoms. The van der Waals surface area contributed by atoms with Crippen LogP contribution in [0.15, 0.2) is 67.0 Å². The Labute approximate surface area is 191 Å². The van der Waals surface area contributed by atoms with Crippen molar-refractivity contribution in [3.63, 3.8) is 0 Å². The van der Waals surface area contributed by atoms with Crippen molar-refractivity contribution in [2.24, 2.45) is 0 Å². The maximum atomic E-state index is 12.4. The number of pyridine rings is 1. The molecule has 2 N–H and O–H groups in total. The molecule has 1 heterocycles. The first kappa shape index (κ1) is 22.8. The second-order valence-electron chi connectivity index (χ2n) is 6.56. The van der Waals surface area contributed by atoms with Crippen LogP contribution >= 0.6 is 11.6 Å². The lowest BCUT2D eigenvalue weighted by Crippen LogP contribution is -2.12. The van der Waals surface area contributed by atoms with Crippen molar-refractivity contribution in [1.82, 2.24) is 4.98 Å². The van der Waals surface area contributed by atoms with Gasteiger partial charge in [0.2, 0.25) is 5.91 Å². The highest BCUT2D eigenvalue weighted by Gasteiger charge is 2.11. The highest BCUT2D eigenvalue weighted by Crippen LogP contribution is 2.36. The van der Waals surface area contributed by atoms with Gasteiger partial charge in [-0.1, -0.05) is 17.7 Å². The van der Waals surface area contributed by atoms with Gasteiger partial charge in [-0.15, -0.1) is 0 Å². The van der Waals surface area contributed by atoms with Crippen LogP contribution in [0.25, 0.3) is 6.08 Å². The number of amides is 2. The number of methoxy groups -OCH3 is 1. The van der Waals surface area contributed by atoms with Gasteiger partial charge in [0.05, 0.1) is 18.7 Å². The average Bonchev–Trinajstić information content (AvgIpc) is 2.80. The van der Waals surface area contributed by atoms with Crippen molar-refractivity contribution in [3.8, 4) is 11.5 Å². The summed E-state index contributed by atoms with van der Waals surface area (Å²) in [6, 6.07) is 13.5. The number of hydrogen-bond donors (Lipinski definition) is 2. The van der Waals surface area contributed by atoms with Crippen molar-refractivity contribution in [2.75, 3.05) is 24.4 Å². The van der Waals surface area contributed by atoms with Crippen LogP contribution in [0, 0.1) is 0 Å². The quantitative estimate of drug-likeness (QED) is 0.468. The maximum Gasteiger partial charge on any atom is 0.255 e. The number of rotatable bonds is 8. The summed E-state index contributed by atoms with van der Waals surface area (Å²) in [7, 11) is 1.52. The molecule has 1 aromatic heterocycles. The molecular weight excluding hydrogens is 430 g/mol. The van der Waals surface area contributed by atoms with Gasteiger partial charge in [0.15, 0.2) is 11.5 Å². The molecule has 0 aliphatic rings. The summed E-state index contributed by atoms with van der Waals surface area (Å²) < 4.78 is 10.8. The fourth-order valence-electron chi connectivity index (χ4n) is 2.86. The minimum absolute atomic E-state index is 0.267. The Morgan fingerprint density at radius 3 is 2.47 bits per heavy atom. The predicted octanol–water partition coefficient (Wildman–Crippen LogP) is 5.05. The molecule has 2 amide bonds. The number of ether oxygens (including phenoxy) is 2. The minimum atomic E-state index is -0.341. The topological polar surface area (TPSA) is 89.6 Å². The van der Waals surface area contributed by atoms with E-state index in [1.165, 1.54) is 13.2 Å². The lowest BCUT2D eigenvalue weighted by molar-refractivity contribution is -0.111. The minimum Gasteiger partial charge on any atom is -0.493 e. The molecule has 0 aliphatic carbocycles. The van der Waals surface area contributed by atoms with Crippen molar-refractivity contribution < 1.29 is 19.1 Å². The Balaban J connectivity index is 1.66. The number of halogens is 1. The smallest absolute Gasteiger partial charge is 0.255 e. The van der Waals surface area contributed by atoms with Crippen LogP contribution in [0.1, 0.15) is 22.8 Å². The number of anilines is 2. The molecule has 3 rings (SSSR count). The average molecular weight is 452 g/mol. The molecule has 0 fully saturated rings. The van der Waals surface area contributed by atoms with Gasteiger partial charge >= 0.3 is 0 Å². The second kappa shape index (κ2) is 11.0. The first-order valence-corrected chi connectivity index (χ1v) is 10.2. The van der Waals surface area contributed by atoms with Crippen molar-refractivity contribution in [2.45, 2.75) is 6.92 Å². The van der Waals surface area contributed by atoms with E-state index in [-0.39, 0.29) is 11.8 Å². The Hall–Kier alpha value is -3.84. The molecule has 0 spiro atoms. The third kappa shape index (κ3) is 6.09. The first-order chi connectivity index (χ1) is 15.5. The van der Waals surface area contributed by atoms with Crippen LogP contribution < -0.4 is 20.1 Å². The highest BCUT2D eigenvalue weighted by atomic mass is 35.5. The van der Waals surface area contributed by atoms with E-state index in [0.29, 0.717) is 45.6 Å². The van der Waals surface area contributed by atoms with Gasteiger partial charge in [-0.25, -0.2) is 0 Å². The third-order valence-corrected chi connectivity index (χ3v) is 4.58. The van der Waals surface area contributed by atoms with Gasteiger partial charge < -0.3 is 20.1 Å². The highest BCUT2D eigenvalue weighted by molar-refractivity contribution is 6.32. The van der Waals surface area contributed by atoms with E-state index in [4.69, 9.17) is 21.1 Å². The Kier molecular flexibility index (Phi) is 7.83. The predicted molar refractivity (Wildman–Crippen MR) is 125 cm³/mol. The monoisotopic (exact) mass is 451 g/mol. The molecule has 7 nitrogen and oxygen atoms in total. The van der Waals surface area contributed by atoms with Gasteiger partial charge in [-0.2, -0.15) is 0 Å².